The minimum absolute atomic E-state index is 0.0140. The fourth-order valence-corrected chi connectivity index (χ4v) is 7.79. The number of carbonyl (C=O) groups excluding carboxylic acids is 3. The molecule has 1 heterocycles. The number of rotatable bonds is 12. The molecule has 2 aromatic rings. The van der Waals surface area contributed by atoms with E-state index >= 15 is 0 Å². The van der Waals surface area contributed by atoms with Gasteiger partial charge in [0.25, 0.3) is 0 Å². The second-order valence-electron chi connectivity index (χ2n) is 13.3. The van der Waals surface area contributed by atoms with Crippen molar-refractivity contribution < 1.29 is 38.8 Å². The number of methoxy groups -OCH3 is 1. The average molecular weight is 704 g/mol. The van der Waals surface area contributed by atoms with Gasteiger partial charge in [0.15, 0.2) is 11.5 Å². The van der Waals surface area contributed by atoms with E-state index in [0.29, 0.717) is 56.5 Å². The van der Waals surface area contributed by atoms with Crippen LogP contribution in [0.1, 0.15) is 67.4 Å². The summed E-state index contributed by atoms with van der Waals surface area (Å²) in [4.78, 5) is 41.2. The van der Waals surface area contributed by atoms with Crippen LogP contribution in [-0.4, -0.2) is 84.4 Å². The lowest BCUT2D eigenvalue weighted by Gasteiger charge is -2.41. The molecule has 0 unspecified atom stereocenters. The molecule has 0 spiro atoms. The van der Waals surface area contributed by atoms with Crippen LogP contribution in [-0.2, 0) is 20.9 Å². The maximum atomic E-state index is 14.3. The van der Waals surface area contributed by atoms with Crippen LogP contribution < -0.4 is 14.8 Å². The van der Waals surface area contributed by atoms with E-state index in [0.717, 1.165) is 19.3 Å². The minimum Gasteiger partial charge on any atom is -0.493 e. The van der Waals surface area contributed by atoms with Crippen molar-refractivity contribution >= 4 is 41.3 Å². The summed E-state index contributed by atoms with van der Waals surface area (Å²) < 4.78 is 18.2. The molecule has 2 aliphatic carbocycles. The van der Waals surface area contributed by atoms with E-state index in [1.165, 1.54) is 18.1 Å². The molecule has 1 saturated carbocycles. The molecule has 3 aliphatic rings. The molecular weight excluding hydrogens is 659 g/mol. The van der Waals surface area contributed by atoms with Crippen molar-refractivity contribution in [3.63, 3.8) is 0 Å². The zero-order valence-electron chi connectivity index (χ0n) is 27.7. The van der Waals surface area contributed by atoms with Gasteiger partial charge in [0.1, 0.15) is 25.1 Å². The number of amides is 2. The normalized spacial score (nSPS) is 26.2. The Labute approximate surface area is 291 Å². The van der Waals surface area contributed by atoms with Crippen LogP contribution in [0.15, 0.2) is 42.0 Å². The van der Waals surface area contributed by atoms with Crippen LogP contribution in [0.5, 0.6) is 11.5 Å². The van der Waals surface area contributed by atoms with Crippen LogP contribution in [0.2, 0.25) is 10.0 Å². The van der Waals surface area contributed by atoms with Crippen LogP contribution >= 0.6 is 23.2 Å². The smallest absolute Gasteiger partial charge is 0.249 e. The van der Waals surface area contributed by atoms with Gasteiger partial charge in [0, 0.05) is 39.8 Å². The Balaban J connectivity index is 1.55. The van der Waals surface area contributed by atoms with Crippen molar-refractivity contribution in [3.05, 3.63) is 68.7 Å². The highest BCUT2D eigenvalue weighted by Gasteiger charge is 2.51. The number of nitrogens with one attached hydrogen (secondary N) is 1. The molecule has 0 bridgehead atoms. The van der Waals surface area contributed by atoms with Gasteiger partial charge in [-0.1, -0.05) is 56.5 Å². The molecule has 260 valence electrons. The molecular formula is C36H44Cl2N2O8. The van der Waals surface area contributed by atoms with Gasteiger partial charge >= 0.3 is 0 Å². The third-order valence-corrected chi connectivity index (χ3v) is 10.4. The summed E-state index contributed by atoms with van der Waals surface area (Å²) in [6.07, 6.45) is 2.80. The van der Waals surface area contributed by atoms with Gasteiger partial charge in [-0.05, 0) is 66.5 Å². The third-order valence-electron chi connectivity index (χ3n) is 9.83. The Hall–Kier alpha value is -3.15. The molecule has 2 amide bonds. The number of hydrogen-bond donors (Lipinski definition) is 3. The highest BCUT2D eigenvalue weighted by atomic mass is 35.5. The second kappa shape index (κ2) is 15.6. The minimum atomic E-state index is -1.31. The van der Waals surface area contributed by atoms with Crippen molar-refractivity contribution in [1.29, 1.82) is 0 Å². The topological polar surface area (TPSA) is 135 Å². The summed E-state index contributed by atoms with van der Waals surface area (Å²) in [6.45, 7) is 5.98. The van der Waals surface area contributed by atoms with Crippen LogP contribution in [0.3, 0.4) is 0 Å². The lowest BCUT2D eigenvalue weighted by molar-refractivity contribution is -0.148. The van der Waals surface area contributed by atoms with Gasteiger partial charge in [-0.3, -0.25) is 14.4 Å². The summed E-state index contributed by atoms with van der Waals surface area (Å²) in [5.74, 6) is 0.0554. The number of aldehydes is 1. The van der Waals surface area contributed by atoms with E-state index in [1.54, 1.807) is 30.3 Å². The van der Waals surface area contributed by atoms with E-state index in [1.807, 2.05) is 0 Å². The summed E-state index contributed by atoms with van der Waals surface area (Å²) in [6, 6.07) is 7.06. The van der Waals surface area contributed by atoms with E-state index in [2.05, 4.69) is 26.1 Å². The maximum absolute atomic E-state index is 14.3. The first-order chi connectivity index (χ1) is 23.0. The molecule has 10 nitrogen and oxygen atoms in total. The molecule has 0 radical (unpaired) electrons. The van der Waals surface area contributed by atoms with E-state index in [9.17, 15) is 24.6 Å². The Morgan fingerprint density at radius 3 is 2.62 bits per heavy atom. The lowest BCUT2D eigenvalue weighted by atomic mass is 9.75. The average Bonchev–Trinajstić information content (AvgIpc) is 3.45. The summed E-state index contributed by atoms with van der Waals surface area (Å²) >= 11 is 12.8. The zero-order valence-corrected chi connectivity index (χ0v) is 29.2. The number of fused-ring (bicyclic) bond motifs is 3. The lowest BCUT2D eigenvalue weighted by Crippen LogP contribution is -2.56. The Morgan fingerprint density at radius 1 is 1.19 bits per heavy atom. The number of aliphatic hydroxyl groups excluding tert-OH is 2. The third kappa shape index (κ3) is 7.53. The van der Waals surface area contributed by atoms with Crippen molar-refractivity contribution in [2.45, 2.75) is 76.9 Å². The number of aliphatic hydroxyl groups is 2. The molecule has 0 aromatic heterocycles. The molecule has 48 heavy (non-hydrogen) atoms. The Bertz CT molecular complexity index is 1550. The fraction of sp³-hybridized carbons (Fsp3) is 0.528. The van der Waals surface area contributed by atoms with Crippen LogP contribution in [0.25, 0.3) is 0 Å². The number of ether oxygens (including phenoxy) is 3. The predicted molar refractivity (Wildman–Crippen MR) is 182 cm³/mol. The van der Waals surface area contributed by atoms with E-state index in [4.69, 9.17) is 37.4 Å². The van der Waals surface area contributed by atoms with E-state index < -0.39 is 36.0 Å². The first kappa shape index (κ1) is 36.1. The standard InChI is InChI=1S/C36H44Cl2N2O8/c1-19(2)24-8-5-20(3)11-29(24)47-18-31(43)40(16-22-6-7-23(37)14-27(22)38)28-15-26(36(45)39-9-10-41)32-25-12-21(17-42)13-30(46-4)34(25)48-35(32)33(28)44/h6-7,12-15,17,19-20,24,28-29,32-33,35,41,44H,5,8-11,16,18H2,1-4H3,(H,39,45)/t20-,24+,28+,29-,32-,33-,35-/m0/s1. The van der Waals surface area contributed by atoms with Crippen molar-refractivity contribution in [2.75, 3.05) is 26.9 Å². The number of hydrogen-bond acceptors (Lipinski definition) is 8. The quantitative estimate of drug-likeness (QED) is 0.265. The largest absolute Gasteiger partial charge is 0.493 e. The van der Waals surface area contributed by atoms with Crippen molar-refractivity contribution in [2.24, 2.45) is 17.8 Å². The Morgan fingerprint density at radius 2 is 1.96 bits per heavy atom. The Kier molecular flexibility index (Phi) is 11.7. The molecule has 1 fully saturated rings. The van der Waals surface area contributed by atoms with Gasteiger partial charge < -0.3 is 34.6 Å². The highest BCUT2D eigenvalue weighted by Crippen LogP contribution is 2.51. The number of carbonyl (C=O) groups is 3. The van der Waals surface area contributed by atoms with Crippen LogP contribution in [0.4, 0.5) is 0 Å². The van der Waals surface area contributed by atoms with E-state index in [-0.39, 0.29) is 43.7 Å². The van der Waals surface area contributed by atoms with Gasteiger partial charge in [-0.15, -0.1) is 0 Å². The highest BCUT2D eigenvalue weighted by molar-refractivity contribution is 6.35. The summed E-state index contributed by atoms with van der Waals surface area (Å²) in [5, 5.41) is 24.9. The fourth-order valence-electron chi connectivity index (χ4n) is 7.32. The zero-order chi connectivity index (χ0) is 34.7. The molecule has 3 N–H and O–H groups in total. The summed E-state index contributed by atoms with van der Waals surface area (Å²) in [7, 11) is 1.44. The van der Waals surface area contributed by atoms with Gasteiger partial charge in [0.05, 0.1) is 31.8 Å². The predicted octanol–water partition coefficient (Wildman–Crippen LogP) is 4.94. The van der Waals surface area contributed by atoms with Gasteiger partial charge in [-0.2, -0.15) is 0 Å². The molecule has 5 rings (SSSR count). The number of halogens is 2. The second-order valence-corrected chi connectivity index (χ2v) is 14.2. The molecule has 7 atom stereocenters. The summed E-state index contributed by atoms with van der Waals surface area (Å²) in [5.41, 5.74) is 1.61. The van der Waals surface area contributed by atoms with Crippen molar-refractivity contribution in [3.8, 4) is 11.5 Å². The molecule has 2 aromatic carbocycles. The monoisotopic (exact) mass is 702 g/mol. The number of nitrogens with zero attached hydrogens (tertiary/aromatic N) is 1. The molecule has 12 heteroatoms. The molecule has 0 saturated heterocycles. The van der Waals surface area contributed by atoms with Crippen molar-refractivity contribution in [1.82, 2.24) is 10.2 Å². The van der Waals surface area contributed by atoms with Gasteiger partial charge in [-0.25, -0.2) is 0 Å². The van der Waals surface area contributed by atoms with Gasteiger partial charge in [0.2, 0.25) is 11.8 Å². The van der Waals surface area contributed by atoms with Crippen LogP contribution in [0, 0.1) is 17.8 Å². The first-order valence-electron chi connectivity index (χ1n) is 16.4. The first-order valence-corrected chi connectivity index (χ1v) is 17.2. The number of benzene rings is 2. The molecule has 1 aliphatic heterocycles. The maximum Gasteiger partial charge on any atom is 0.249 e. The SMILES string of the molecule is COc1cc(C=O)cc2c1O[C@@H]1[C@@H](O)[C@H](N(Cc3ccc(Cl)cc3Cl)C(=O)CO[C@H]3C[C@@H](C)CC[C@@H]3C(C)C)C=C(C(=O)NCCO)[C@H]21.